The molecule has 28 heavy (non-hydrogen) atoms. The summed E-state index contributed by atoms with van der Waals surface area (Å²) in [4.78, 5) is 4.96. The number of piperazine rings is 1. The van der Waals surface area contributed by atoms with Crippen molar-refractivity contribution in [2.75, 3.05) is 26.2 Å². The van der Waals surface area contributed by atoms with Crippen LogP contribution in [0.3, 0.4) is 0 Å². The fourth-order valence-electron chi connectivity index (χ4n) is 3.65. The molecule has 1 aliphatic heterocycles. The Morgan fingerprint density at radius 3 is 2.21 bits per heavy atom. The Hall–Kier alpha value is -1.85. The van der Waals surface area contributed by atoms with Crippen LogP contribution in [0, 0.1) is 6.92 Å². The van der Waals surface area contributed by atoms with Gasteiger partial charge in [0.15, 0.2) is 0 Å². The smallest absolute Gasteiger partial charge is 0.0674 e. The minimum atomic E-state index is 0.612. The molecule has 2 aromatic carbocycles. The van der Waals surface area contributed by atoms with E-state index in [0.29, 0.717) is 10.0 Å². The predicted octanol–water partition coefficient (Wildman–Crippen LogP) is 4.81. The van der Waals surface area contributed by atoms with Crippen molar-refractivity contribution < 1.29 is 0 Å². The molecule has 0 unspecified atom stereocenters. The maximum atomic E-state index is 6.13. The highest BCUT2D eigenvalue weighted by Gasteiger charge is 2.18. The highest BCUT2D eigenvalue weighted by atomic mass is 35.5. The number of rotatable bonds is 5. The first-order valence-electron chi connectivity index (χ1n) is 9.57. The summed E-state index contributed by atoms with van der Waals surface area (Å²) in [6.45, 7) is 8.16. The summed E-state index contributed by atoms with van der Waals surface area (Å²) in [5, 5.41) is 5.80. The van der Waals surface area contributed by atoms with Crippen LogP contribution in [0.15, 0.2) is 54.9 Å². The van der Waals surface area contributed by atoms with Gasteiger partial charge in [-0.3, -0.25) is 9.80 Å². The van der Waals surface area contributed by atoms with Gasteiger partial charge in [0, 0.05) is 51.0 Å². The van der Waals surface area contributed by atoms with Crippen molar-refractivity contribution >= 4 is 23.2 Å². The van der Waals surface area contributed by atoms with Crippen molar-refractivity contribution in [3.63, 3.8) is 0 Å². The number of halogens is 2. The van der Waals surface area contributed by atoms with Gasteiger partial charge < -0.3 is 0 Å². The van der Waals surface area contributed by atoms with Crippen molar-refractivity contribution in [2.24, 2.45) is 0 Å². The Balaban J connectivity index is 1.31. The summed E-state index contributed by atoms with van der Waals surface area (Å²) < 4.78 is 1.98. The van der Waals surface area contributed by atoms with E-state index in [-0.39, 0.29) is 0 Å². The van der Waals surface area contributed by atoms with Crippen LogP contribution in [0.25, 0.3) is 5.69 Å². The first-order valence-corrected chi connectivity index (χ1v) is 10.3. The van der Waals surface area contributed by atoms with Gasteiger partial charge in [0.05, 0.1) is 21.9 Å². The molecule has 0 spiro atoms. The van der Waals surface area contributed by atoms with Gasteiger partial charge in [-0.25, -0.2) is 4.68 Å². The quantitative estimate of drug-likeness (QED) is 0.598. The number of nitrogens with zero attached hydrogens (tertiary/aromatic N) is 4. The number of benzene rings is 2. The van der Waals surface area contributed by atoms with E-state index in [2.05, 4.69) is 58.4 Å². The SMILES string of the molecule is Cc1ccccc1-n1cc(CN2CCN(Cc3ccc(Cl)c(Cl)c3)CC2)cn1. The molecule has 0 aliphatic carbocycles. The Labute approximate surface area is 176 Å². The maximum Gasteiger partial charge on any atom is 0.0674 e. The lowest BCUT2D eigenvalue weighted by Gasteiger charge is -2.34. The summed E-state index contributed by atoms with van der Waals surface area (Å²) in [6.07, 6.45) is 4.12. The van der Waals surface area contributed by atoms with Crippen LogP contribution >= 0.6 is 23.2 Å². The second-order valence-corrected chi connectivity index (χ2v) is 8.19. The third-order valence-corrected chi connectivity index (χ3v) is 6.00. The zero-order valence-electron chi connectivity index (χ0n) is 16.0. The number of aromatic nitrogens is 2. The van der Waals surface area contributed by atoms with E-state index < -0.39 is 0 Å². The molecule has 6 heteroatoms. The van der Waals surface area contributed by atoms with E-state index in [0.717, 1.165) is 45.0 Å². The number of hydrogen-bond acceptors (Lipinski definition) is 3. The van der Waals surface area contributed by atoms with E-state index in [4.69, 9.17) is 23.2 Å². The van der Waals surface area contributed by atoms with Gasteiger partial charge in [-0.2, -0.15) is 5.10 Å². The monoisotopic (exact) mass is 414 g/mol. The summed E-state index contributed by atoms with van der Waals surface area (Å²) in [5.74, 6) is 0. The molecule has 1 aliphatic rings. The molecule has 0 radical (unpaired) electrons. The molecular weight excluding hydrogens is 391 g/mol. The van der Waals surface area contributed by atoms with Crippen LogP contribution in [0.4, 0.5) is 0 Å². The predicted molar refractivity (Wildman–Crippen MR) is 115 cm³/mol. The van der Waals surface area contributed by atoms with E-state index in [1.807, 2.05) is 23.0 Å². The van der Waals surface area contributed by atoms with Crippen molar-refractivity contribution in [3.05, 3.63) is 81.6 Å². The molecule has 0 N–H and O–H groups in total. The summed E-state index contributed by atoms with van der Waals surface area (Å²) in [5.41, 5.74) is 4.83. The molecule has 0 atom stereocenters. The molecule has 4 nitrogen and oxygen atoms in total. The van der Waals surface area contributed by atoms with Gasteiger partial charge in [-0.1, -0.05) is 47.5 Å². The van der Waals surface area contributed by atoms with Gasteiger partial charge in [-0.05, 0) is 36.2 Å². The zero-order chi connectivity index (χ0) is 19.5. The highest BCUT2D eigenvalue weighted by molar-refractivity contribution is 6.42. The number of hydrogen-bond donors (Lipinski definition) is 0. The number of aryl methyl sites for hydroxylation is 1. The van der Waals surface area contributed by atoms with E-state index >= 15 is 0 Å². The molecule has 1 fully saturated rings. The van der Waals surface area contributed by atoms with E-state index in [1.54, 1.807) is 0 Å². The standard InChI is InChI=1S/C22H24Cl2N4/c1-17-4-2-3-5-22(17)28-16-19(13-25-28)15-27-10-8-26(9-11-27)14-18-6-7-20(23)21(24)12-18/h2-7,12-13,16H,8-11,14-15H2,1H3. The van der Waals surface area contributed by atoms with Crippen molar-refractivity contribution in [3.8, 4) is 5.69 Å². The lowest BCUT2D eigenvalue weighted by Crippen LogP contribution is -2.45. The molecule has 0 bridgehead atoms. The molecule has 0 saturated carbocycles. The van der Waals surface area contributed by atoms with Crippen LogP contribution in [-0.4, -0.2) is 45.8 Å². The molecule has 3 aromatic rings. The molecule has 2 heterocycles. The van der Waals surface area contributed by atoms with Crippen LogP contribution < -0.4 is 0 Å². The molecule has 1 aromatic heterocycles. The van der Waals surface area contributed by atoms with Crippen molar-refractivity contribution in [2.45, 2.75) is 20.0 Å². The Morgan fingerprint density at radius 2 is 1.54 bits per heavy atom. The fraction of sp³-hybridized carbons (Fsp3) is 0.318. The average Bonchev–Trinajstić information content (AvgIpc) is 3.15. The van der Waals surface area contributed by atoms with Crippen LogP contribution in [-0.2, 0) is 13.1 Å². The van der Waals surface area contributed by atoms with E-state index in [1.165, 1.54) is 16.7 Å². The lowest BCUT2D eigenvalue weighted by atomic mass is 10.2. The fourth-order valence-corrected chi connectivity index (χ4v) is 3.97. The lowest BCUT2D eigenvalue weighted by molar-refractivity contribution is 0.122. The Morgan fingerprint density at radius 1 is 0.857 bits per heavy atom. The minimum Gasteiger partial charge on any atom is -0.297 e. The molecule has 0 amide bonds. The van der Waals surface area contributed by atoms with E-state index in [9.17, 15) is 0 Å². The van der Waals surface area contributed by atoms with Gasteiger partial charge >= 0.3 is 0 Å². The first kappa shape index (κ1) is 19.5. The van der Waals surface area contributed by atoms with Crippen LogP contribution in [0.5, 0.6) is 0 Å². The Bertz CT molecular complexity index is 945. The minimum absolute atomic E-state index is 0.612. The maximum absolute atomic E-state index is 6.13. The third kappa shape index (κ3) is 4.58. The van der Waals surface area contributed by atoms with Crippen molar-refractivity contribution in [1.82, 2.24) is 19.6 Å². The average molecular weight is 415 g/mol. The van der Waals surface area contributed by atoms with Gasteiger partial charge in [-0.15, -0.1) is 0 Å². The summed E-state index contributed by atoms with van der Waals surface area (Å²) in [6, 6.07) is 14.2. The Kier molecular flexibility index (Phi) is 6.02. The second kappa shape index (κ2) is 8.66. The topological polar surface area (TPSA) is 24.3 Å². The number of para-hydroxylation sites is 1. The zero-order valence-corrected chi connectivity index (χ0v) is 17.5. The normalized spacial score (nSPS) is 15.8. The summed E-state index contributed by atoms with van der Waals surface area (Å²) >= 11 is 12.1. The molecule has 1 saturated heterocycles. The van der Waals surface area contributed by atoms with Crippen LogP contribution in [0.2, 0.25) is 10.0 Å². The third-order valence-electron chi connectivity index (χ3n) is 5.26. The second-order valence-electron chi connectivity index (χ2n) is 7.38. The van der Waals surface area contributed by atoms with Crippen LogP contribution in [0.1, 0.15) is 16.7 Å². The largest absolute Gasteiger partial charge is 0.297 e. The highest BCUT2D eigenvalue weighted by Crippen LogP contribution is 2.23. The molecule has 146 valence electrons. The molecular formula is C22H24Cl2N4. The summed E-state index contributed by atoms with van der Waals surface area (Å²) in [7, 11) is 0. The van der Waals surface area contributed by atoms with Gasteiger partial charge in [0.1, 0.15) is 0 Å². The van der Waals surface area contributed by atoms with Crippen molar-refractivity contribution in [1.29, 1.82) is 0 Å². The molecule has 4 rings (SSSR count). The first-order chi connectivity index (χ1) is 13.6. The van der Waals surface area contributed by atoms with Gasteiger partial charge in [0.25, 0.3) is 0 Å². The van der Waals surface area contributed by atoms with Gasteiger partial charge in [0.2, 0.25) is 0 Å².